The molecule has 0 aliphatic heterocycles. The summed E-state index contributed by atoms with van der Waals surface area (Å²) in [6, 6.07) is 7.11. The molecular weight excluding hydrogens is 297 g/mol. The summed E-state index contributed by atoms with van der Waals surface area (Å²) >= 11 is 12.0. The molecule has 0 aliphatic rings. The summed E-state index contributed by atoms with van der Waals surface area (Å²) in [7, 11) is 0. The van der Waals surface area contributed by atoms with Gasteiger partial charge in [0.1, 0.15) is 23.9 Å². The van der Waals surface area contributed by atoms with Crippen molar-refractivity contribution in [1.82, 2.24) is 5.32 Å². The molecule has 0 amide bonds. The zero-order valence-electron chi connectivity index (χ0n) is 11.5. The fourth-order valence-electron chi connectivity index (χ4n) is 1.81. The Hall–Kier alpha value is -1.16. The Bertz CT molecular complexity index is 581. The van der Waals surface area contributed by atoms with Gasteiger partial charge in [0.05, 0.1) is 11.6 Å². The lowest BCUT2D eigenvalue weighted by Crippen LogP contribution is -2.11. The molecule has 1 heterocycles. The molecule has 5 heteroatoms. The number of nitrogens with one attached hydrogen (secondary N) is 1. The van der Waals surface area contributed by atoms with Crippen LogP contribution in [-0.4, -0.2) is 6.54 Å². The molecule has 0 spiro atoms. The first-order chi connectivity index (χ1) is 9.60. The van der Waals surface area contributed by atoms with Crippen molar-refractivity contribution in [2.24, 2.45) is 0 Å². The number of ether oxygens (including phenoxy) is 1. The number of benzene rings is 1. The Morgan fingerprint density at radius 2 is 2.05 bits per heavy atom. The van der Waals surface area contributed by atoms with Crippen LogP contribution in [0.15, 0.2) is 28.7 Å². The van der Waals surface area contributed by atoms with Gasteiger partial charge in [0.2, 0.25) is 0 Å². The number of halogens is 2. The second-order valence-electron chi connectivity index (χ2n) is 4.46. The van der Waals surface area contributed by atoms with E-state index in [1.165, 1.54) is 0 Å². The summed E-state index contributed by atoms with van der Waals surface area (Å²) in [5.41, 5.74) is 1.11. The van der Waals surface area contributed by atoms with E-state index in [2.05, 4.69) is 12.2 Å². The summed E-state index contributed by atoms with van der Waals surface area (Å²) in [5.74, 6) is 2.26. The SMILES string of the molecule is CCNCc1oc(COc2cc(Cl)ccc2Cl)cc1C. The Labute approximate surface area is 128 Å². The van der Waals surface area contributed by atoms with E-state index in [0.29, 0.717) is 22.4 Å². The normalized spacial score (nSPS) is 10.8. The molecule has 0 atom stereocenters. The summed E-state index contributed by atoms with van der Waals surface area (Å²) in [5, 5.41) is 4.36. The summed E-state index contributed by atoms with van der Waals surface area (Å²) < 4.78 is 11.4. The van der Waals surface area contributed by atoms with Gasteiger partial charge in [-0.3, -0.25) is 0 Å². The van der Waals surface area contributed by atoms with E-state index >= 15 is 0 Å². The second-order valence-corrected chi connectivity index (χ2v) is 5.31. The number of hydrogen-bond acceptors (Lipinski definition) is 3. The third-order valence-electron chi connectivity index (χ3n) is 2.87. The maximum atomic E-state index is 6.04. The highest BCUT2D eigenvalue weighted by molar-refractivity contribution is 6.34. The fraction of sp³-hybridized carbons (Fsp3) is 0.333. The van der Waals surface area contributed by atoms with E-state index in [1.807, 2.05) is 13.0 Å². The molecule has 0 bridgehead atoms. The molecule has 20 heavy (non-hydrogen) atoms. The molecule has 108 valence electrons. The van der Waals surface area contributed by atoms with Gasteiger partial charge in [0.15, 0.2) is 0 Å². The quantitative estimate of drug-likeness (QED) is 0.847. The predicted octanol–water partition coefficient (Wildman–Crippen LogP) is 4.58. The van der Waals surface area contributed by atoms with Crippen LogP contribution in [0.4, 0.5) is 0 Å². The number of rotatable bonds is 6. The van der Waals surface area contributed by atoms with Crippen molar-refractivity contribution in [2.75, 3.05) is 6.54 Å². The smallest absolute Gasteiger partial charge is 0.146 e. The average molecular weight is 314 g/mol. The highest BCUT2D eigenvalue weighted by atomic mass is 35.5. The third kappa shape index (κ3) is 3.92. The topological polar surface area (TPSA) is 34.4 Å². The minimum Gasteiger partial charge on any atom is -0.484 e. The van der Waals surface area contributed by atoms with Crippen molar-refractivity contribution in [2.45, 2.75) is 27.0 Å². The van der Waals surface area contributed by atoms with Crippen molar-refractivity contribution >= 4 is 23.2 Å². The lowest BCUT2D eigenvalue weighted by Gasteiger charge is -2.06. The molecule has 1 aromatic heterocycles. The van der Waals surface area contributed by atoms with Gasteiger partial charge in [-0.05, 0) is 37.2 Å². The van der Waals surface area contributed by atoms with Crippen LogP contribution in [0.1, 0.15) is 24.0 Å². The monoisotopic (exact) mass is 313 g/mol. The van der Waals surface area contributed by atoms with Gasteiger partial charge >= 0.3 is 0 Å². The molecule has 3 nitrogen and oxygen atoms in total. The zero-order valence-corrected chi connectivity index (χ0v) is 13.0. The van der Waals surface area contributed by atoms with Crippen molar-refractivity contribution in [1.29, 1.82) is 0 Å². The molecule has 0 aliphatic carbocycles. The minimum absolute atomic E-state index is 0.326. The first-order valence-electron chi connectivity index (χ1n) is 6.47. The largest absolute Gasteiger partial charge is 0.484 e. The van der Waals surface area contributed by atoms with Gasteiger partial charge in [0, 0.05) is 11.1 Å². The maximum absolute atomic E-state index is 6.04. The van der Waals surface area contributed by atoms with E-state index in [0.717, 1.165) is 30.2 Å². The molecule has 0 saturated heterocycles. The van der Waals surface area contributed by atoms with Crippen LogP contribution in [0, 0.1) is 6.92 Å². The highest BCUT2D eigenvalue weighted by Gasteiger charge is 2.09. The number of aryl methyl sites for hydroxylation is 1. The molecule has 1 N–H and O–H groups in total. The van der Waals surface area contributed by atoms with Crippen LogP contribution in [0.3, 0.4) is 0 Å². The van der Waals surface area contributed by atoms with Crippen molar-refractivity contribution in [3.8, 4) is 5.75 Å². The first kappa shape index (κ1) is 15.2. The molecule has 0 saturated carbocycles. The zero-order chi connectivity index (χ0) is 14.5. The van der Waals surface area contributed by atoms with Crippen molar-refractivity contribution < 1.29 is 9.15 Å². The van der Waals surface area contributed by atoms with Gasteiger partial charge < -0.3 is 14.5 Å². The molecule has 1 aromatic carbocycles. The molecule has 0 fully saturated rings. The molecular formula is C15H17Cl2NO2. The van der Waals surface area contributed by atoms with Crippen molar-refractivity contribution in [3.63, 3.8) is 0 Å². The van der Waals surface area contributed by atoms with Crippen LogP contribution in [0.5, 0.6) is 5.75 Å². The fourth-order valence-corrected chi connectivity index (χ4v) is 2.15. The number of furan rings is 1. The second kappa shape index (κ2) is 7.02. The first-order valence-corrected chi connectivity index (χ1v) is 7.22. The Kier molecular flexibility index (Phi) is 5.35. The Morgan fingerprint density at radius 3 is 2.80 bits per heavy atom. The van der Waals surface area contributed by atoms with E-state index in [1.54, 1.807) is 18.2 Å². The number of hydrogen-bond donors (Lipinski definition) is 1. The van der Waals surface area contributed by atoms with Crippen LogP contribution < -0.4 is 10.1 Å². The van der Waals surface area contributed by atoms with Gasteiger partial charge in [0.25, 0.3) is 0 Å². The van der Waals surface area contributed by atoms with E-state index in [-0.39, 0.29) is 0 Å². The Morgan fingerprint density at radius 1 is 1.25 bits per heavy atom. The van der Waals surface area contributed by atoms with Gasteiger partial charge in [-0.2, -0.15) is 0 Å². The lowest BCUT2D eigenvalue weighted by molar-refractivity contribution is 0.265. The molecule has 0 radical (unpaired) electrons. The maximum Gasteiger partial charge on any atom is 0.146 e. The van der Waals surface area contributed by atoms with Crippen molar-refractivity contribution in [3.05, 3.63) is 51.4 Å². The van der Waals surface area contributed by atoms with Gasteiger partial charge in [-0.15, -0.1) is 0 Å². The summed E-state index contributed by atoms with van der Waals surface area (Å²) in [6.07, 6.45) is 0. The van der Waals surface area contributed by atoms with Crippen LogP contribution >= 0.6 is 23.2 Å². The third-order valence-corrected chi connectivity index (χ3v) is 3.42. The van der Waals surface area contributed by atoms with E-state index in [4.69, 9.17) is 32.4 Å². The highest BCUT2D eigenvalue weighted by Crippen LogP contribution is 2.28. The lowest BCUT2D eigenvalue weighted by atomic mass is 10.2. The molecule has 2 aromatic rings. The average Bonchev–Trinajstić information content (AvgIpc) is 2.78. The Balaban J connectivity index is 2.02. The van der Waals surface area contributed by atoms with Gasteiger partial charge in [-0.25, -0.2) is 0 Å². The molecule has 2 rings (SSSR count). The van der Waals surface area contributed by atoms with E-state index in [9.17, 15) is 0 Å². The predicted molar refractivity (Wildman–Crippen MR) is 81.6 cm³/mol. The van der Waals surface area contributed by atoms with E-state index < -0.39 is 0 Å². The van der Waals surface area contributed by atoms with Crippen LogP contribution in [-0.2, 0) is 13.2 Å². The minimum atomic E-state index is 0.326. The summed E-state index contributed by atoms with van der Waals surface area (Å²) in [4.78, 5) is 0. The van der Waals surface area contributed by atoms with Crippen LogP contribution in [0.25, 0.3) is 0 Å². The van der Waals surface area contributed by atoms with Gasteiger partial charge in [-0.1, -0.05) is 30.1 Å². The standard InChI is InChI=1S/C15H17Cl2NO2/c1-3-18-8-15-10(2)6-12(20-15)9-19-14-7-11(16)4-5-13(14)17/h4-7,18H,3,8-9H2,1-2H3. The molecule has 0 unspecified atom stereocenters. The van der Waals surface area contributed by atoms with Crippen LogP contribution in [0.2, 0.25) is 10.0 Å². The summed E-state index contributed by atoms with van der Waals surface area (Å²) in [6.45, 7) is 6.03.